The van der Waals surface area contributed by atoms with Crippen LogP contribution in [0.15, 0.2) is 0 Å². The van der Waals surface area contributed by atoms with Crippen molar-refractivity contribution in [1.82, 2.24) is 4.90 Å². The van der Waals surface area contributed by atoms with Crippen LogP contribution in [0.25, 0.3) is 0 Å². The van der Waals surface area contributed by atoms with Gasteiger partial charge < -0.3 is 9.84 Å². The molecule has 1 heterocycles. The minimum atomic E-state index is -0.676. The molecule has 0 bridgehead atoms. The molecule has 16 heavy (non-hydrogen) atoms. The molecule has 0 aromatic rings. The fraction of sp³-hybridized carbons (Fsp3) is 0.917. The molecule has 4 nitrogen and oxygen atoms in total. The molecular formula is C12H23NO3. The summed E-state index contributed by atoms with van der Waals surface area (Å²) in [5.74, 6) is -0.676. The Kier molecular flexibility index (Phi) is 5.22. The fourth-order valence-corrected chi connectivity index (χ4v) is 2.41. The zero-order chi connectivity index (χ0) is 12.0. The number of ether oxygens (including phenoxy) is 1. The second-order valence-electron chi connectivity index (χ2n) is 4.39. The first kappa shape index (κ1) is 13.5. The van der Waals surface area contributed by atoms with Crippen molar-refractivity contribution in [2.24, 2.45) is 0 Å². The zero-order valence-corrected chi connectivity index (χ0v) is 10.4. The number of carboxylic acids is 1. The van der Waals surface area contributed by atoms with Crippen LogP contribution >= 0.6 is 0 Å². The number of morpholine rings is 1. The molecule has 0 spiro atoms. The first-order valence-electron chi connectivity index (χ1n) is 6.23. The van der Waals surface area contributed by atoms with Crippen LogP contribution in [0, 0.1) is 0 Å². The van der Waals surface area contributed by atoms with Gasteiger partial charge in [0.1, 0.15) is 5.54 Å². The number of hydrogen-bond acceptors (Lipinski definition) is 3. The van der Waals surface area contributed by atoms with Crippen molar-refractivity contribution < 1.29 is 14.6 Å². The summed E-state index contributed by atoms with van der Waals surface area (Å²) in [5.41, 5.74) is -0.667. The molecule has 1 rings (SSSR count). The van der Waals surface area contributed by atoms with E-state index in [2.05, 4.69) is 11.8 Å². The minimum absolute atomic E-state index is 0.654. The van der Waals surface area contributed by atoms with Gasteiger partial charge in [-0.2, -0.15) is 0 Å². The number of nitrogens with zero attached hydrogens (tertiary/aromatic N) is 1. The third kappa shape index (κ3) is 2.74. The number of rotatable bonds is 6. The smallest absolute Gasteiger partial charge is 0.324 e. The van der Waals surface area contributed by atoms with Crippen LogP contribution in [0.1, 0.15) is 39.5 Å². The van der Waals surface area contributed by atoms with E-state index in [1.807, 2.05) is 6.92 Å². The Morgan fingerprint density at radius 2 is 2.00 bits per heavy atom. The lowest BCUT2D eigenvalue weighted by Crippen LogP contribution is -2.57. The normalized spacial score (nSPS) is 21.6. The molecule has 1 N–H and O–H groups in total. The lowest BCUT2D eigenvalue weighted by atomic mass is 9.87. The molecule has 0 aromatic carbocycles. The summed E-state index contributed by atoms with van der Waals surface area (Å²) >= 11 is 0. The summed E-state index contributed by atoms with van der Waals surface area (Å²) in [4.78, 5) is 13.7. The minimum Gasteiger partial charge on any atom is -0.480 e. The first-order valence-corrected chi connectivity index (χ1v) is 6.23. The number of aliphatic carboxylic acids is 1. The predicted molar refractivity (Wildman–Crippen MR) is 62.6 cm³/mol. The predicted octanol–water partition coefficient (Wildman–Crippen LogP) is 1.74. The highest BCUT2D eigenvalue weighted by Gasteiger charge is 2.42. The Labute approximate surface area is 97.6 Å². The highest BCUT2D eigenvalue weighted by molar-refractivity contribution is 5.78. The van der Waals surface area contributed by atoms with E-state index >= 15 is 0 Å². The monoisotopic (exact) mass is 229 g/mol. The second kappa shape index (κ2) is 6.21. The summed E-state index contributed by atoms with van der Waals surface area (Å²) in [6.45, 7) is 6.86. The van der Waals surface area contributed by atoms with Crippen LogP contribution < -0.4 is 0 Å². The van der Waals surface area contributed by atoms with Crippen molar-refractivity contribution in [2.45, 2.75) is 45.1 Å². The molecular weight excluding hydrogens is 206 g/mol. The topological polar surface area (TPSA) is 49.8 Å². The average molecular weight is 229 g/mol. The highest BCUT2D eigenvalue weighted by Crippen LogP contribution is 2.27. The molecule has 0 radical (unpaired) electrons. The lowest BCUT2D eigenvalue weighted by molar-refractivity contribution is -0.156. The van der Waals surface area contributed by atoms with Gasteiger partial charge in [-0.15, -0.1) is 0 Å². The van der Waals surface area contributed by atoms with Gasteiger partial charge in [0.2, 0.25) is 0 Å². The van der Waals surface area contributed by atoms with Crippen LogP contribution in [0.2, 0.25) is 0 Å². The molecule has 1 aliphatic rings. The molecule has 0 amide bonds. The standard InChI is InChI=1S/C12H23NO3/c1-3-5-6-12(4-2,11(14)15)13-7-9-16-10-8-13/h3-10H2,1-2H3,(H,14,15). The lowest BCUT2D eigenvalue weighted by Gasteiger charge is -2.42. The third-order valence-electron chi connectivity index (χ3n) is 3.54. The van der Waals surface area contributed by atoms with Crippen molar-refractivity contribution in [3.63, 3.8) is 0 Å². The van der Waals surface area contributed by atoms with E-state index in [0.29, 0.717) is 19.6 Å². The highest BCUT2D eigenvalue weighted by atomic mass is 16.5. The molecule has 4 heteroatoms. The SMILES string of the molecule is CCCCC(CC)(C(=O)O)N1CCOCC1. The largest absolute Gasteiger partial charge is 0.480 e. The van der Waals surface area contributed by atoms with Gasteiger partial charge in [-0.1, -0.05) is 26.7 Å². The van der Waals surface area contributed by atoms with Gasteiger partial charge in [-0.3, -0.25) is 9.69 Å². The van der Waals surface area contributed by atoms with E-state index in [1.54, 1.807) is 0 Å². The molecule has 0 aliphatic carbocycles. The molecule has 1 saturated heterocycles. The number of carboxylic acid groups (broad SMARTS) is 1. The summed E-state index contributed by atoms with van der Waals surface area (Å²) in [6.07, 6.45) is 3.43. The van der Waals surface area contributed by atoms with Gasteiger partial charge in [0.05, 0.1) is 13.2 Å². The maximum atomic E-state index is 11.6. The Morgan fingerprint density at radius 3 is 2.44 bits per heavy atom. The summed E-state index contributed by atoms with van der Waals surface area (Å²) in [5, 5.41) is 9.52. The molecule has 1 fully saturated rings. The summed E-state index contributed by atoms with van der Waals surface area (Å²) in [7, 11) is 0. The van der Waals surface area contributed by atoms with Gasteiger partial charge in [-0.05, 0) is 12.8 Å². The number of hydrogen-bond donors (Lipinski definition) is 1. The zero-order valence-electron chi connectivity index (χ0n) is 10.4. The Hall–Kier alpha value is -0.610. The van der Waals surface area contributed by atoms with Crippen molar-refractivity contribution >= 4 is 5.97 Å². The van der Waals surface area contributed by atoms with E-state index in [1.165, 1.54) is 0 Å². The van der Waals surface area contributed by atoms with Crippen LogP contribution in [0.4, 0.5) is 0 Å². The van der Waals surface area contributed by atoms with E-state index < -0.39 is 11.5 Å². The van der Waals surface area contributed by atoms with Gasteiger partial charge in [0.25, 0.3) is 0 Å². The molecule has 1 unspecified atom stereocenters. The molecule has 0 saturated carbocycles. The quantitative estimate of drug-likeness (QED) is 0.753. The maximum absolute atomic E-state index is 11.6. The van der Waals surface area contributed by atoms with E-state index in [4.69, 9.17) is 4.74 Å². The fourth-order valence-electron chi connectivity index (χ4n) is 2.41. The van der Waals surface area contributed by atoms with Gasteiger partial charge in [-0.25, -0.2) is 0 Å². The Morgan fingerprint density at radius 1 is 1.38 bits per heavy atom. The van der Waals surface area contributed by atoms with Gasteiger partial charge in [0, 0.05) is 13.1 Å². The van der Waals surface area contributed by atoms with Crippen molar-refractivity contribution in [3.8, 4) is 0 Å². The average Bonchev–Trinajstić information content (AvgIpc) is 2.31. The molecule has 1 atom stereocenters. The van der Waals surface area contributed by atoms with Crippen LogP contribution in [0.5, 0.6) is 0 Å². The Balaban J connectivity index is 2.77. The van der Waals surface area contributed by atoms with Crippen LogP contribution in [0.3, 0.4) is 0 Å². The van der Waals surface area contributed by atoms with Crippen molar-refractivity contribution in [1.29, 1.82) is 0 Å². The van der Waals surface area contributed by atoms with Gasteiger partial charge >= 0.3 is 5.97 Å². The molecule has 94 valence electrons. The van der Waals surface area contributed by atoms with Crippen molar-refractivity contribution in [2.75, 3.05) is 26.3 Å². The molecule has 0 aromatic heterocycles. The summed E-state index contributed by atoms with van der Waals surface area (Å²) in [6, 6.07) is 0. The number of carbonyl (C=O) groups is 1. The van der Waals surface area contributed by atoms with E-state index in [-0.39, 0.29) is 0 Å². The van der Waals surface area contributed by atoms with Gasteiger partial charge in [0.15, 0.2) is 0 Å². The molecule has 1 aliphatic heterocycles. The van der Waals surface area contributed by atoms with E-state index in [0.717, 1.165) is 32.4 Å². The van der Waals surface area contributed by atoms with Crippen molar-refractivity contribution in [3.05, 3.63) is 0 Å². The van der Waals surface area contributed by atoms with Crippen LogP contribution in [-0.2, 0) is 9.53 Å². The maximum Gasteiger partial charge on any atom is 0.324 e. The van der Waals surface area contributed by atoms with E-state index in [9.17, 15) is 9.90 Å². The summed E-state index contributed by atoms with van der Waals surface area (Å²) < 4.78 is 5.29. The van der Waals surface area contributed by atoms with Crippen LogP contribution in [-0.4, -0.2) is 47.8 Å². The second-order valence-corrected chi connectivity index (χ2v) is 4.39. The Bertz CT molecular complexity index is 226. The first-order chi connectivity index (χ1) is 7.67. The number of unbranched alkanes of at least 4 members (excludes halogenated alkanes) is 1. The third-order valence-corrected chi connectivity index (χ3v) is 3.54.